The van der Waals surface area contributed by atoms with Crippen molar-refractivity contribution in [1.82, 2.24) is 9.78 Å². The van der Waals surface area contributed by atoms with Crippen molar-refractivity contribution in [2.24, 2.45) is 0 Å². The van der Waals surface area contributed by atoms with Crippen LogP contribution in [0.25, 0.3) is 16.9 Å². The number of methoxy groups -OCH3 is 2. The van der Waals surface area contributed by atoms with Crippen molar-refractivity contribution in [2.75, 3.05) is 14.2 Å². The molecule has 0 aliphatic rings. The number of aromatic nitrogens is 2. The summed E-state index contributed by atoms with van der Waals surface area (Å²) < 4.78 is 11.1. The highest BCUT2D eigenvalue weighted by atomic mass is 79.9. The van der Waals surface area contributed by atoms with Gasteiger partial charge < -0.3 is 14.6 Å². The zero-order valence-electron chi connectivity index (χ0n) is 16.6. The summed E-state index contributed by atoms with van der Waals surface area (Å²) in [5.41, 5.74) is -0.843. The summed E-state index contributed by atoms with van der Waals surface area (Å²) in [5, 5.41) is 26.6. The highest BCUT2D eigenvalue weighted by molar-refractivity contribution is 9.10. The highest BCUT2D eigenvalue weighted by Crippen LogP contribution is 2.44. The first-order valence-electron chi connectivity index (χ1n) is 8.74. The fourth-order valence-electron chi connectivity index (χ4n) is 3.07. The first kappa shape index (κ1) is 22.0. The van der Waals surface area contributed by atoms with E-state index in [0.29, 0.717) is 10.2 Å². The molecule has 0 saturated carbocycles. The van der Waals surface area contributed by atoms with Crippen molar-refractivity contribution in [1.29, 1.82) is 0 Å². The molecule has 0 bridgehead atoms. The average Bonchev–Trinajstić information content (AvgIpc) is 3.16. The van der Waals surface area contributed by atoms with E-state index in [1.54, 1.807) is 30.3 Å². The van der Waals surface area contributed by atoms with E-state index in [2.05, 4.69) is 21.0 Å². The van der Waals surface area contributed by atoms with Crippen molar-refractivity contribution in [3.8, 4) is 22.7 Å². The molecule has 3 aromatic rings. The molecule has 31 heavy (non-hydrogen) atoms. The molecule has 3 rings (SSSR count). The Morgan fingerprint density at radius 1 is 1.16 bits per heavy atom. The lowest BCUT2D eigenvalue weighted by Gasteiger charge is -2.09. The third-order valence-electron chi connectivity index (χ3n) is 4.56. The number of rotatable bonds is 5. The molecule has 0 fully saturated rings. The van der Waals surface area contributed by atoms with Crippen LogP contribution in [0.4, 0.5) is 5.69 Å². The van der Waals surface area contributed by atoms with Gasteiger partial charge in [-0.25, -0.2) is 14.3 Å². The summed E-state index contributed by atoms with van der Waals surface area (Å²) in [6.07, 6.45) is 0. The Bertz CT molecular complexity index is 1210. The van der Waals surface area contributed by atoms with E-state index in [4.69, 9.17) is 9.47 Å². The molecular formula is C20H16BrN3O7. The summed E-state index contributed by atoms with van der Waals surface area (Å²) in [6, 6.07) is 9.79. The Balaban J connectivity index is 2.47. The Hall–Kier alpha value is -3.73. The van der Waals surface area contributed by atoms with Gasteiger partial charge in [0.05, 0.1) is 30.4 Å². The Labute approximate surface area is 184 Å². The molecule has 0 spiro atoms. The van der Waals surface area contributed by atoms with E-state index in [9.17, 15) is 24.8 Å². The van der Waals surface area contributed by atoms with Crippen molar-refractivity contribution in [3.05, 3.63) is 67.8 Å². The zero-order chi connectivity index (χ0) is 22.9. The van der Waals surface area contributed by atoms with Gasteiger partial charge in [-0.1, -0.05) is 34.1 Å². The molecule has 1 heterocycles. The second kappa shape index (κ2) is 8.56. The van der Waals surface area contributed by atoms with Crippen molar-refractivity contribution in [3.63, 3.8) is 0 Å². The van der Waals surface area contributed by atoms with Crippen LogP contribution in [0, 0.1) is 17.0 Å². The predicted octanol–water partition coefficient (Wildman–Crippen LogP) is 3.80. The van der Waals surface area contributed by atoms with Crippen LogP contribution in [0.5, 0.6) is 5.75 Å². The van der Waals surface area contributed by atoms with Gasteiger partial charge in [0.15, 0.2) is 5.69 Å². The number of carbonyl (C=O) groups is 2. The fourth-order valence-corrected chi connectivity index (χ4v) is 3.49. The van der Waals surface area contributed by atoms with Gasteiger partial charge in [0.25, 0.3) is 0 Å². The maximum atomic E-state index is 12.7. The van der Waals surface area contributed by atoms with Crippen LogP contribution in [0.3, 0.4) is 0 Å². The first-order chi connectivity index (χ1) is 14.7. The molecule has 1 N–H and O–H groups in total. The van der Waals surface area contributed by atoms with Crippen LogP contribution in [0.1, 0.15) is 26.4 Å². The first-order valence-corrected chi connectivity index (χ1v) is 9.54. The number of benzene rings is 2. The summed E-state index contributed by atoms with van der Waals surface area (Å²) in [4.78, 5) is 36.1. The number of esters is 2. The van der Waals surface area contributed by atoms with Gasteiger partial charge in [0.2, 0.25) is 5.75 Å². The smallest absolute Gasteiger partial charge is 0.357 e. The van der Waals surface area contributed by atoms with Gasteiger partial charge >= 0.3 is 17.6 Å². The number of phenolic OH excluding ortho intramolecular Hbond substituents is 1. The minimum absolute atomic E-state index is 0.135. The van der Waals surface area contributed by atoms with Gasteiger partial charge in [-0.2, -0.15) is 5.10 Å². The van der Waals surface area contributed by atoms with E-state index in [0.717, 1.165) is 18.9 Å². The summed E-state index contributed by atoms with van der Waals surface area (Å²) in [5.74, 6) is -2.52. The molecule has 0 aliphatic carbocycles. The molecule has 0 unspecified atom stereocenters. The van der Waals surface area contributed by atoms with Gasteiger partial charge in [0, 0.05) is 10.0 Å². The number of nitrogens with zero attached hydrogens (tertiary/aromatic N) is 3. The molecule has 0 amide bonds. The van der Waals surface area contributed by atoms with E-state index in [1.807, 2.05) is 0 Å². The summed E-state index contributed by atoms with van der Waals surface area (Å²) in [6.45, 7) is 1.45. The zero-order valence-corrected chi connectivity index (χ0v) is 18.2. The molecule has 10 nitrogen and oxygen atoms in total. The average molecular weight is 490 g/mol. The van der Waals surface area contributed by atoms with E-state index < -0.39 is 28.3 Å². The lowest BCUT2D eigenvalue weighted by molar-refractivity contribution is -0.386. The van der Waals surface area contributed by atoms with E-state index in [-0.39, 0.29) is 28.1 Å². The van der Waals surface area contributed by atoms with E-state index in [1.165, 1.54) is 13.0 Å². The molecule has 11 heteroatoms. The largest absolute Gasteiger partial charge is 0.502 e. The number of para-hydroxylation sites is 1. The predicted molar refractivity (Wildman–Crippen MR) is 112 cm³/mol. The van der Waals surface area contributed by atoms with Crippen LogP contribution in [-0.2, 0) is 9.47 Å². The number of nitro benzene ring substituents is 1. The van der Waals surface area contributed by atoms with Gasteiger partial charge in [-0.05, 0) is 25.1 Å². The normalized spacial score (nSPS) is 10.6. The quantitative estimate of drug-likeness (QED) is 0.324. The molecule has 1 aromatic heterocycles. The highest BCUT2D eigenvalue weighted by Gasteiger charge is 2.34. The standard InChI is InChI=1S/C20H16BrN3O7/c1-10-13(21)9-12(18(25)16(10)24(28)29)15-14(19(26)30-2)17(20(27)31-3)23(22-15)11-7-5-4-6-8-11/h4-9,25H,1-3H3. The maximum Gasteiger partial charge on any atom is 0.357 e. The minimum Gasteiger partial charge on any atom is -0.502 e. The van der Waals surface area contributed by atoms with Crippen LogP contribution in [0.15, 0.2) is 40.9 Å². The lowest BCUT2D eigenvalue weighted by atomic mass is 10.0. The Kier molecular flexibility index (Phi) is 6.07. The Morgan fingerprint density at radius 2 is 1.77 bits per heavy atom. The third kappa shape index (κ3) is 3.75. The SMILES string of the molecule is COC(=O)c1c(-c2cc(Br)c(C)c([N+](=O)[O-])c2O)nn(-c2ccccc2)c1C(=O)OC. The van der Waals surface area contributed by atoms with Crippen molar-refractivity contribution >= 4 is 33.6 Å². The number of nitro groups is 1. The maximum absolute atomic E-state index is 12.7. The molecule has 0 atom stereocenters. The lowest BCUT2D eigenvalue weighted by Crippen LogP contribution is -2.15. The number of hydrogen-bond acceptors (Lipinski definition) is 8. The van der Waals surface area contributed by atoms with Gasteiger partial charge in [-0.15, -0.1) is 0 Å². The molecule has 0 aliphatic heterocycles. The van der Waals surface area contributed by atoms with Crippen LogP contribution < -0.4 is 0 Å². The number of hydrogen-bond donors (Lipinski definition) is 1. The number of aromatic hydroxyl groups is 1. The fraction of sp³-hybridized carbons (Fsp3) is 0.150. The summed E-state index contributed by atoms with van der Waals surface area (Å²) >= 11 is 3.23. The molecule has 160 valence electrons. The van der Waals surface area contributed by atoms with Crippen molar-refractivity contribution in [2.45, 2.75) is 6.92 Å². The minimum atomic E-state index is -0.934. The van der Waals surface area contributed by atoms with E-state index >= 15 is 0 Å². The number of halogens is 1. The van der Waals surface area contributed by atoms with Crippen LogP contribution in [0.2, 0.25) is 0 Å². The van der Waals surface area contributed by atoms with Gasteiger partial charge in [0.1, 0.15) is 11.3 Å². The molecule has 0 saturated heterocycles. The topological polar surface area (TPSA) is 134 Å². The number of phenols is 1. The number of ether oxygens (including phenoxy) is 2. The molecule has 0 radical (unpaired) electrons. The second-order valence-corrected chi connectivity index (χ2v) is 7.14. The molecular weight excluding hydrogens is 474 g/mol. The summed E-state index contributed by atoms with van der Waals surface area (Å²) in [7, 11) is 2.25. The second-order valence-electron chi connectivity index (χ2n) is 6.29. The Morgan fingerprint density at radius 3 is 2.32 bits per heavy atom. The monoisotopic (exact) mass is 489 g/mol. The van der Waals surface area contributed by atoms with Crippen LogP contribution in [-0.4, -0.2) is 46.0 Å². The third-order valence-corrected chi connectivity index (χ3v) is 5.38. The van der Waals surface area contributed by atoms with Crippen LogP contribution >= 0.6 is 15.9 Å². The number of carbonyl (C=O) groups excluding carboxylic acids is 2. The molecule has 2 aromatic carbocycles. The van der Waals surface area contributed by atoms with Gasteiger partial charge in [-0.3, -0.25) is 10.1 Å². The van der Waals surface area contributed by atoms with Crippen molar-refractivity contribution < 1.29 is 29.1 Å².